The van der Waals surface area contributed by atoms with Crippen LogP contribution in [0.25, 0.3) is 0 Å². The number of rotatable bonds is 4. The molecule has 0 saturated carbocycles. The fourth-order valence-electron chi connectivity index (χ4n) is 2.50. The zero-order valence-corrected chi connectivity index (χ0v) is 12.1. The lowest BCUT2D eigenvalue weighted by Gasteiger charge is -2.17. The summed E-state index contributed by atoms with van der Waals surface area (Å²) in [5.74, 6) is -0.206. The normalized spacial score (nSPS) is 10.4. The summed E-state index contributed by atoms with van der Waals surface area (Å²) in [6.07, 6.45) is 0.0708. The first-order valence-electron chi connectivity index (χ1n) is 6.46. The maximum absolute atomic E-state index is 11.5. The van der Waals surface area contributed by atoms with Gasteiger partial charge >= 0.3 is 0 Å². The smallest absolute Gasteiger partial charge is 0.258 e. The van der Waals surface area contributed by atoms with Gasteiger partial charge in [0.05, 0.1) is 34.6 Å². The largest absolute Gasteiger partial charge is 0.277 e. The SMILES string of the molecule is CC(C)c1c(C#N)cc(CC#N)c(C(C)C)c1[N+](=O)[O-]. The fourth-order valence-corrected chi connectivity index (χ4v) is 2.50. The molecule has 104 valence electrons. The van der Waals surface area contributed by atoms with Crippen LogP contribution in [0.2, 0.25) is 0 Å². The first kappa shape index (κ1) is 15.7. The average Bonchev–Trinajstić information content (AvgIpc) is 2.36. The van der Waals surface area contributed by atoms with E-state index in [2.05, 4.69) is 0 Å². The number of hydrogen-bond donors (Lipinski definition) is 0. The summed E-state index contributed by atoms with van der Waals surface area (Å²) in [6, 6.07) is 5.66. The summed E-state index contributed by atoms with van der Waals surface area (Å²) in [6.45, 7) is 7.38. The molecule has 0 saturated heterocycles. The van der Waals surface area contributed by atoms with Crippen molar-refractivity contribution in [3.63, 3.8) is 0 Å². The Balaban J connectivity index is 3.88. The van der Waals surface area contributed by atoms with Crippen molar-refractivity contribution in [2.75, 3.05) is 0 Å². The minimum atomic E-state index is -0.424. The summed E-state index contributed by atoms with van der Waals surface area (Å²) in [7, 11) is 0. The molecule has 1 aromatic rings. The van der Waals surface area contributed by atoms with Gasteiger partial charge in [-0.2, -0.15) is 10.5 Å². The summed E-state index contributed by atoms with van der Waals surface area (Å²) < 4.78 is 0. The molecule has 1 rings (SSSR count). The molecule has 0 N–H and O–H groups in total. The first-order chi connectivity index (χ1) is 9.34. The molecule has 20 heavy (non-hydrogen) atoms. The Hall–Kier alpha value is -2.40. The van der Waals surface area contributed by atoms with Crippen LogP contribution < -0.4 is 0 Å². The molecular formula is C15H17N3O2. The van der Waals surface area contributed by atoms with E-state index in [0.29, 0.717) is 22.3 Å². The van der Waals surface area contributed by atoms with E-state index < -0.39 is 4.92 Å². The van der Waals surface area contributed by atoms with Crippen LogP contribution in [-0.2, 0) is 6.42 Å². The molecule has 5 heteroatoms. The Labute approximate surface area is 118 Å². The number of nitrogens with zero attached hydrogens (tertiary/aromatic N) is 3. The quantitative estimate of drug-likeness (QED) is 0.615. The molecule has 0 aliphatic carbocycles. The van der Waals surface area contributed by atoms with Crippen molar-refractivity contribution in [3.8, 4) is 12.1 Å². The molecule has 0 fully saturated rings. The molecule has 0 atom stereocenters. The van der Waals surface area contributed by atoms with Crippen LogP contribution in [0.5, 0.6) is 0 Å². The maximum atomic E-state index is 11.5. The Bertz CT molecular complexity index is 619. The monoisotopic (exact) mass is 271 g/mol. The number of nitriles is 2. The van der Waals surface area contributed by atoms with Gasteiger partial charge in [-0.05, 0) is 23.5 Å². The predicted molar refractivity (Wildman–Crippen MR) is 75.3 cm³/mol. The lowest BCUT2D eigenvalue weighted by molar-refractivity contribution is -0.386. The van der Waals surface area contributed by atoms with Crippen LogP contribution in [0.1, 0.15) is 61.8 Å². The van der Waals surface area contributed by atoms with Crippen molar-refractivity contribution in [2.45, 2.75) is 46.0 Å². The molecule has 0 heterocycles. The van der Waals surface area contributed by atoms with Crippen molar-refractivity contribution in [3.05, 3.63) is 38.4 Å². The molecule has 1 aromatic carbocycles. The van der Waals surface area contributed by atoms with Gasteiger partial charge in [0.1, 0.15) is 0 Å². The first-order valence-corrected chi connectivity index (χ1v) is 6.46. The molecule has 0 amide bonds. The molecular weight excluding hydrogens is 254 g/mol. The highest BCUT2D eigenvalue weighted by atomic mass is 16.6. The number of nitro benzene ring substituents is 1. The second-order valence-electron chi connectivity index (χ2n) is 5.27. The number of benzene rings is 1. The summed E-state index contributed by atoms with van der Waals surface area (Å²) in [5.41, 5.74) is 1.90. The molecule has 0 bridgehead atoms. The molecule has 5 nitrogen and oxygen atoms in total. The van der Waals surface area contributed by atoms with E-state index in [1.165, 1.54) is 0 Å². The van der Waals surface area contributed by atoms with Gasteiger partial charge in [-0.25, -0.2) is 0 Å². The Morgan fingerprint density at radius 3 is 2.10 bits per heavy atom. The van der Waals surface area contributed by atoms with E-state index in [1.807, 2.05) is 39.8 Å². The highest BCUT2D eigenvalue weighted by Crippen LogP contribution is 2.39. The van der Waals surface area contributed by atoms with E-state index in [4.69, 9.17) is 5.26 Å². The third kappa shape index (κ3) is 2.78. The Morgan fingerprint density at radius 2 is 1.75 bits per heavy atom. The minimum Gasteiger partial charge on any atom is -0.258 e. The van der Waals surface area contributed by atoms with Crippen molar-refractivity contribution in [1.82, 2.24) is 0 Å². The summed E-state index contributed by atoms with van der Waals surface area (Å²) in [4.78, 5) is 11.1. The second kappa shape index (κ2) is 6.16. The van der Waals surface area contributed by atoms with Crippen molar-refractivity contribution >= 4 is 5.69 Å². The Kier molecular flexibility index (Phi) is 4.83. The standard InChI is InChI=1S/C15H17N3O2/c1-9(2)13-11(5-6-16)7-12(8-17)14(10(3)4)15(13)18(19)20/h7,9-10H,5H2,1-4H3. The van der Waals surface area contributed by atoms with Crippen LogP contribution in [0.4, 0.5) is 5.69 Å². The molecule has 0 spiro atoms. The van der Waals surface area contributed by atoms with Gasteiger partial charge < -0.3 is 0 Å². The van der Waals surface area contributed by atoms with Gasteiger partial charge in [-0.1, -0.05) is 27.7 Å². The molecule has 0 aromatic heterocycles. The van der Waals surface area contributed by atoms with Crippen LogP contribution in [-0.4, -0.2) is 4.92 Å². The van der Waals surface area contributed by atoms with Gasteiger partial charge in [0, 0.05) is 5.56 Å². The van der Waals surface area contributed by atoms with E-state index in [0.717, 1.165) is 0 Å². The molecule has 0 aliphatic heterocycles. The average molecular weight is 271 g/mol. The van der Waals surface area contributed by atoms with Crippen LogP contribution >= 0.6 is 0 Å². The van der Waals surface area contributed by atoms with E-state index in [9.17, 15) is 15.4 Å². The van der Waals surface area contributed by atoms with E-state index in [-0.39, 0.29) is 23.9 Å². The Morgan fingerprint density at radius 1 is 1.20 bits per heavy atom. The maximum Gasteiger partial charge on any atom is 0.277 e. The third-order valence-corrected chi connectivity index (χ3v) is 3.19. The van der Waals surface area contributed by atoms with Gasteiger partial charge in [0.2, 0.25) is 0 Å². The molecule has 0 aliphatic rings. The highest BCUT2D eigenvalue weighted by Gasteiger charge is 2.29. The fraction of sp³-hybridized carbons (Fsp3) is 0.467. The number of nitro groups is 1. The summed E-state index contributed by atoms with van der Waals surface area (Å²) >= 11 is 0. The predicted octanol–water partition coefficient (Wildman–Crippen LogP) is 3.78. The van der Waals surface area contributed by atoms with E-state index in [1.54, 1.807) is 6.07 Å². The van der Waals surface area contributed by atoms with Crippen LogP contribution in [0, 0.1) is 32.8 Å². The van der Waals surface area contributed by atoms with Gasteiger partial charge in [-0.15, -0.1) is 0 Å². The van der Waals surface area contributed by atoms with Crippen molar-refractivity contribution < 1.29 is 4.92 Å². The van der Waals surface area contributed by atoms with E-state index >= 15 is 0 Å². The lowest BCUT2D eigenvalue weighted by atomic mass is 9.85. The topological polar surface area (TPSA) is 90.7 Å². The molecule has 0 unspecified atom stereocenters. The zero-order valence-electron chi connectivity index (χ0n) is 12.1. The van der Waals surface area contributed by atoms with Crippen molar-refractivity contribution in [1.29, 1.82) is 10.5 Å². The summed E-state index contributed by atoms with van der Waals surface area (Å²) in [5, 5.41) is 29.6. The lowest BCUT2D eigenvalue weighted by Crippen LogP contribution is -2.09. The van der Waals surface area contributed by atoms with Crippen molar-refractivity contribution in [2.24, 2.45) is 0 Å². The third-order valence-electron chi connectivity index (χ3n) is 3.19. The molecule has 0 radical (unpaired) electrons. The van der Waals surface area contributed by atoms with Gasteiger partial charge in [-0.3, -0.25) is 10.1 Å². The van der Waals surface area contributed by atoms with Gasteiger partial charge in [0.25, 0.3) is 5.69 Å². The second-order valence-corrected chi connectivity index (χ2v) is 5.27. The van der Waals surface area contributed by atoms with Crippen LogP contribution in [0.15, 0.2) is 6.07 Å². The van der Waals surface area contributed by atoms with Crippen LogP contribution in [0.3, 0.4) is 0 Å². The minimum absolute atomic E-state index is 0.000648. The van der Waals surface area contributed by atoms with Gasteiger partial charge in [0.15, 0.2) is 0 Å². The number of hydrogen-bond acceptors (Lipinski definition) is 4. The zero-order chi connectivity index (χ0) is 15.4. The highest BCUT2D eigenvalue weighted by molar-refractivity contribution is 5.62.